The molecular formula is C17H28O21S3. The van der Waals surface area contributed by atoms with Crippen LogP contribution in [0, 0.1) is 11.8 Å². The Bertz CT molecular complexity index is 1060. The molecule has 240 valence electrons. The van der Waals surface area contributed by atoms with Crippen LogP contribution in [0.3, 0.4) is 0 Å². The van der Waals surface area contributed by atoms with Gasteiger partial charge in [-0.25, -0.2) is 18.8 Å². The number of hydrogen-bond acceptors (Lipinski definition) is 17. The summed E-state index contributed by atoms with van der Waals surface area (Å²) in [6.45, 7) is -0.745. The fourth-order valence-corrected chi connectivity index (χ4v) is 5.76. The number of hydrogen-bond donors (Lipinski definition) is 4. The van der Waals surface area contributed by atoms with Gasteiger partial charge < -0.3 is 38.3 Å². The number of ether oxygens (including phenoxy) is 7. The molecule has 41 heavy (non-hydrogen) atoms. The predicted octanol–water partition coefficient (Wildman–Crippen LogP) is -2.47. The summed E-state index contributed by atoms with van der Waals surface area (Å²) < 4.78 is 124. The lowest BCUT2D eigenvalue weighted by Gasteiger charge is -2.44. The third-order valence-electron chi connectivity index (χ3n) is 6.45. The molecule has 3 fully saturated rings. The Labute approximate surface area is 237 Å². The summed E-state index contributed by atoms with van der Waals surface area (Å²) in [5, 5.41) is 9.78. The highest BCUT2D eigenvalue weighted by atomic mass is 32.3. The van der Waals surface area contributed by atoms with E-state index in [2.05, 4.69) is 13.6 Å². The minimum absolute atomic E-state index is 0.745. The summed E-state index contributed by atoms with van der Waals surface area (Å²) in [6.07, 6.45) is -12.8. The third kappa shape index (κ3) is 7.80. The molecule has 0 spiro atoms. The third-order valence-corrected chi connectivity index (χ3v) is 7.32. The second-order valence-electron chi connectivity index (χ2n) is 8.44. The van der Waals surface area contributed by atoms with E-state index in [0.29, 0.717) is 0 Å². The van der Waals surface area contributed by atoms with Crippen LogP contribution in [-0.2, 0) is 93.7 Å². The highest BCUT2D eigenvalue weighted by Crippen LogP contribution is 2.63. The van der Waals surface area contributed by atoms with Crippen LogP contribution in [0.5, 0.6) is 0 Å². The molecule has 21 nitrogen and oxygen atoms in total. The Morgan fingerprint density at radius 3 is 2.00 bits per heavy atom. The first-order chi connectivity index (χ1) is 19.2. The zero-order chi connectivity index (χ0) is 30.7. The molecule has 2 saturated heterocycles. The van der Waals surface area contributed by atoms with E-state index >= 15 is 0 Å². The fraction of sp³-hybridized carbons (Fsp3) is 0.941. The summed E-state index contributed by atoms with van der Waals surface area (Å²) >= 11 is -5.98. The average Bonchev–Trinajstić information content (AvgIpc) is 3.54. The molecule has 3 aliphatic rings. The maximum absolute atomic E-state index is 12.0. The molecule has 2 heterocycles. The van der Waals surface area contributed by atoms with Crippen LogP contribution in [-0.4, -0.2) is 132 Å². The number of fused-ring (bicyclic) bond motifs is 1. The lowest BCUT2D eigenvalue weighted by molar-refractivity contribution is -0.389. The lowest BCUT2D eigenvalue weighted by atomic mass is 9.99. The molecule has 0 bridgehead atoms. The van der Waals surface area contributed by atoms with Gasteiger partial charge in [0.1, 0.15) is 24.9 Å². The maximum atomic E-state index is 12.0. The molecule has 24 heteroatoms. The highest BCUT2D eigenvalue weighted by Gasteiger charge is 2.79. The largest absolute Gasteiger partial charge is 0.479 e. The SMILES string of the molecule is COC1[C@H](OC)OC(C(=O)O)[C@@H]2[C@@H]1C2(OC)O[C@@H]1OC(COOS(=O)O)[C@@H](OC)[C@H](OOS(=O)O)C1OS(=O)(=O)O. The molecule has 3 rings (SSSR count). The Hall–Kier alpha value is -0.880. The van der Waals surface area contributed by atoms with Crippen molar-refractivity contribution in [2.75, 3.05) is 35.0 Å². The van der Waals surface area contributed by atoms with E-state index in [9.17, 15) is 31.3 Å². The molecule has 1 saturated carbocycles. The van der Waals surface area contributed by atoms with Gasteiger partial charge in [0.25, 0.3) is 0 Å². The molecule has 0 aromatic rings. The van der Waals surface area contributed by atoms with Crippen molar-refractivity contribution in [3.63, 3.8) is 0 Å². The molecule has 2 aliphatic heterocycles. The van der Waals surface area contributed by atoms with Crippen molar-refractivity contribution in [2.24, 2.45) is 11.8 Å². The molecule has 13 atom stereocenters. The first-order valence-corrected chi connectivity index (χ1v) is 14.5. The van der Waals surface area contributed by atoms with Gasteiger partial charge in [0.2, 0.25) is 0 Å². The van der Waals surface area contributed by atoms with Crippen LogP contribution in [0.4, 0.5) is 0 Å². The van der Waals surface area contributed by atoms with Gasteiger partial charge in [-0.15, -0.1) is 8.67 Å². The van der Waals surface area contributed by atoms with E-state index in [1.54, 1.807) is 0 Å². The Morgan fingerprint density at radius 1 is 0.878 bits per heavy atom. The van der Waals surface area contributed by atoms with Crippen molar-refractivity contribution in [2.45, 2.75) is 55.0 Å². The Morgan fingerprint density at radius 2 is 1.51 bits per heavy atom. The van der Waals surface area contributed by atoms with Crippen molar-refractivity contribution in [1.29, 1.82) is 0 Å². The molecular weight excluding hydrogens is 636 g/mol. The van der Waals surface area contributed by atoms with E-state index in [0.717, 1.165) is 14.2 Å². The number of carboxylic acids is 1. The zero-order valence-electron chi connectivity index (χ0n) is 21.4. The smallest absolute Gasteiger partial charge is 0.397 e. The van der Waals surface area contributed by atoms with E-state index < -0.39 is 113 Å². The predicted molar refractivity (Wildman–Crippen MR) is 122 cm³/mol. The number of methoxy groups -OCH3 is 4. The monoisotopic (exact) mass is 664 g/mol. The van der Waals surface area contributed by atoms with Crippen molar-refractivity contribution in [3.05, 3.63) is 0 Å². The summed E-state index contributed by atoms with van der Waals surface area (Å²) in [6, 6.07) is 0. The van der Waals surface area contributed by atoms with E-state index in [4.69, 9.17) is 51.3 Å². The minimum atomic E-state index is -5.35. The van der Waals surface area contributed by atoms with Gasteiger partial charge in [-0.2, -0.15) is 16.8 Å². The van der Waals surface area contributed by atoms with E-state index in [1.807, 2.05) is 0 Å². The van der Waals surface area contributed by atoms with Crippen LogP contribution in [0.25, 0.3) is 0 Å². The average molecular weight is 665 g/mol. The van der Waals surface area contributed by atoms with Crippen LogP contribution < -0.4 is 0 Å². The number of rotatable bonds is 16. The van der Waals surface area contributed by atoms with Crippen LogP contribution >= 0.6 is 0 Å². The van der Waals surface area contributed by atoms with Crippen LogP contribution in [0.15, 0.2) is 0 Å². The normalized spacial score (nSPS) is 40.5. The molecule has 0 radical (unpaired) electrons. The number of aliphatic carboxylic acids is 1. The Kier molecular flexibility index (Phi) is 12.0. The van der Waals surface area contributed by atoms with Crippen LogP contribution in [0.1, 0.15) is 0 Å². The van der Waals surface area contributed by atoms with Crippen molar-refractivity contribution in [1.82, 2.24) is 0 Å². The second kappa shape index (κ2) is 14.3. The summed E-state index contributed by atoms with van der Waals surface area (Å²) in [7, 11) is -0.659. The van der Waals surface area contributed by atoms with Gasteiger partial charge in [-0.05, 0) is 0 Å². The summed E-state index contributed by atoms with van der Waals surface area (Å²) in [4.78, 5) is 21.5. The fourth-order valence-electron chi connectivity index (χ4n) is 4.98. The van der Waals surface area contributed by atoms with Crippen LogP contribution in [0.2, 0.25) is 0 Å². The topological polar surface area (TPSA) is 277 Å². The van der Waals surface area contributed by atoms with Gasteiger partial charge in [0.15, 0.2) is 36.7 Å². The molecule has 7 unspecified atom stereocenters. The second-order valence-corrected chi connectivity index (χ2v) is 10.6. The number of carboxylic acid groups (broad SMARTS) is 1. The van der Waals surface area contributed by atoms with E-state index in [1.165, 1.54) is 14.2 Å². The first kappa shape index (κ1) is 34.6. The van der Waals surface area contributed by atoms with Gasteiger partial charge in [-0.1, -0.05) is 0 Å². The standard InChI is InChI=1S/C17H28O21S3/c1-27-9-6(5-31-37-39(20)21)32-16(13(36-41(24,25)26)12(9)35-38-40(22)23)34-17(30-4)7-8(17)11(28-2)15(29-3)33-10(7)14(18)19/h6-13,15-16H,5H2,1-4H3,(H,18,19)(H,20,21)(H,22,23)(H,24,25,26)/t6?,7-,8-,9+,10?,11?,12-,13?,15+,16-,17?/m0/s1. The van der Waals surface area contributed by atoms with E-state index in [-0.39, 0.29) is 0 Å². The maximum Gasteiger partial charge on any atom is 0.397 e. The zero-order valence-corrected chi connectivity index (χ0v) is 23.9. The quantitative estimate of drug-likeness (QED) is 0.0437. The van der Waals surface area contributed by atoms with Gasteiger partial charge in [0.05, 0.1) is 11.8 Å². The van der Waals surface area contributed by atoms with Gasteiger partial charge in [0, 0.05) is 28.4 Å². The Balaban J connectivity index is 2.03. The minimum Gasteiger partial charge on any atom is -0.479 e. The highest BCUT2D eigenvalue weighted by molar-refractivity contribution is 7.80. The first-order valence-electron chi connectivity index (χ1n) is 11.1. The summed E-state index contributed by atoms with van der Waals surface area (Å²) in [5.41, 5.74) is 0. The molecule has 0 aromatic heterocycles. The van der Waals surface area contributed by atoms with Crippen molar-refractivity contribution in [3.8, 4) is 0 Å². The van der Waals surface area contributed by atoms with Gasteiger partial charge >= 0.3 is 39.1 Å². The lowest BCUT2D eigenvalue weighted by Crippen LogP contribution is -2.63. The van der Waals surface area contributed by atoms with Crippen molar-refractivity contribution >= 4 is 39.1 Å². The number of carbonyl (C=O) groups is 1. The molecule has 0 amide bonds. The molecule has 0 aromatic carbocycles. The van der Waals surface area contributed by atoms with Gasteiger partial charge in [-0.3, -0.25) is 13.7 Å². The molecule has 1 aliphatic carbocycles. The molecule has 4 N–H and O–H groups in total. The summed E-state index contributed by atoms with van der Waals surface area (Å²) in [5.74, 6) is -5.45. The van der Waals surface area contributed by atoms with Crippen molar-refractivity contribution < 1.29 is 96.2 Å².